The van der Waals surface area contributed by atoms with Crippen molar-refractivity contribution in [1.29, 1.82) is 5.26 Å². The number of halogens is 2. The van der Waals surface area contributed by atoms with Crippen LogP contribution in [0.2, 0.25) is 0 Å². The minimum Gasteiger partial charge on any atom is -0.383 e. The van der Waals surface area contributed by atoms with E-state index >= 15 is 0 Å². The number of aromatic nitrogens is 1. The lowest BCUT2D eigenvalue weighted by atomic mass is 9.95. The summed E-state index contributed by atoms with van der Waals surface area (Å²) in [5, 5.41) is 9.49. The van der Waals surface area contributed by atoms with E-state index in [1.54, 1.807) is 0 Å². The van der Waals surface area contributed by atoms with E-state index in [0.717, 1.165) is 34.7 Å². The summed E-state index contributed by atoms with van der Waals surface area (Å²) in [6.07, 6.45) is 4.78. The Hall–Kier alpha value is -2.20. The number of carbonyl (C=O) groups excluding carboxylic acids is 1. The summed E-state index contributed by atoms with van der Waals surface area (Å²) in [5.74, 6) is -0.692. The molecule has 1 saturated carbocycles. The molecule has 5 nitrogen and oxygen atoms in total. The van der Waals surface area contributed by atoms with Crippen molar-refractivity contribution in [1.82, 2.24) is 9.47 Å². The quantitative estimate of drug-likeness (QED) is 0.490. The van der Waals surface area contributed by atoms with Gasteiger partial charge in [0.2, 0.25) is 0 Å². The summed E-state index contributed by atoms with van der Waals surface area (Å²) in [4.78, 5) is 13.6. The average Bonchev–Trinajstić information content (AvgIpc) is 2.96. The van der Waals surface area contributed by atoms with Gasteiger partial charge in [-0.25, -0.2) is 8.78 Å². The number of nitriles is 1. The van der Waals surface area contributed by atoms with E-state index in [2.05, 4.69) is 4.57 Å². The number of carbonyl (C=O) groups is 1. The zero-order valence-corrected chi connectivity index (χ0v) is 16.9. The molecule has 0 unspecified atom stereocenters. The van der Waals surface area contributed by atoms with E-state index in [-0.39, 0.29) is 18.7 Å². The molecule has 0 N–H and O–H groups in total. The van der Waals surface area contributed by atoms with Crippen molar-refractivity contribution in [2.24, 2.45) is 0 Å². The fourth-order valence-electron chi connectivity index (χ4n) is 3.96. The molecule has 0 bridgehead atoms. The van der Waals surface area contributed by atoms with Crippen molar-refractivity contribution < 1.29 is 18.3 Å². The Morgan fingerprint density at radius 2 is 2.07 bits per heavy atom. The zero-order chi connectivity index (χ0) is 20.7. The SMILES string of the molecule is COCCN(CC(F)F)C(=O)/C(C#N)=C/c1cc(C)n(C2CCCCC2)c1C. The first-order valence-electron chi connectivity index (χ1n) is 9.75. The van der Waals surface area contributed by atoms with E-state index in [9.17, 15) is 18.8 Å². The van der Waals surface area contributed by atoms with Crippen molar-refractivity contribution in [2.45, 2.75) is 58.4 Å². The molecule has 2 rings (SSSR count). The molecule has 0 saturated heterocycles. The molecule has 28 heavy (non-hydrogen) atoms. The second-order valence-electron chi connectivity index (χ2n) is 7.29. The molecule has 0 aromatic carbocycles. The Labute approximate surface area is 165 Å². The standard InChI is InChI=1S/C21H29F2N3O2/c1-15-11-17(16(2)26(15)19-7-5-4-6-8-19)12-18(13-24)21(27)25(9-10-28-3)14-20(22)23/h11-12,19-20H,4-10,14H2,1-3H3/b18-12+. The van der Waals surface area contributed by atoms with Gasteiger partial charge in [0, 0.05) is 31.1 Å². The van der Waals surface area contributed by atoms with Gasteiger partial charge in [0.15, 0.2) is 0 Å². The Morgan fingerprint density at radius 3 is 2.64 bits per heavy atom. The normalized spacial score (nSPS) is 15.7. The lowest BCUT2D eigenvalue weighted by molar-refractivity contribution is -0.129. The highest BCUT2D eigenvalue weighted by Crippen LogP contribution is 2.32. The molecule has 0 spiro atoms. The van der Waals surface area contributed by atoms with Gasteiger partial charge in [-0.3, -0.25) is 4.79 Å². The van der Waals surface area contributed by atoms with Crippen LogP contribution < -0.4 is 0 Å². The summed E-state index contributed by atoms with van der Waals surface area (Å²) in [7, 11) is 1.44. The summed E-state index contributed by atoms with van der Waals surface area (Å²) < 4.78 is 32.9. The fourth-order valence-corrected chi connectivity index (χ4v) is 3.96. The van der Waals surface area contributed by atoms with Crippen LogP contribution in [0.3, 0.4) is 0 Å². The molecular weight excluding hydrogens is 364 g/mol. The molecule has 1 fully saturated rings. The number of aryl methyl sites for hydroxylation is 1. The molecule has 1 heterocycles. The van der Waals surface area contributed by atoms with Crippen LogP contribution in [0.4, 0.5) is 8.78 Å². The van der Waals surface area contributed by atoms with E-state index in [0.29, 0.717) is 6.04 Å². The molecule has 0 atom stereocenters. The van der Waals surface area contributed by atoms with Crippen LogP contribution in [0.1, 0.15) is 55.1 Å². The van der Waals surface area contributed by atoms with E-state index < -0.39 is 18.9 Å². The third-order valence-corrected chi connectivity index (χ3v) is 5.32. The first kappa shape index (κ1) is 22.1. The van der Waals surface area contributed by atoms with Crippen LogP contribution in [0.5, 0.6) is 0 Å². The molecule has 7 heteroatoms. The van der Waals surface area contributed by atoms with E-state index in [4.69, 9.17) is 4.74 Å². The van der Waals surface area contributed by atoms with Crippen molar-refractivity contribution in [3.05, 3.63) is 28.6 Å². The number of methoxy groups -OCH3 is 1. The van der Waals surface area contributed by atoms with Gasteiger partial charge >= 0.3 is 0 Å². The summed E-state index contributed by atoms with van der Waals surface area (Å²) in [6.45, 7) is 3.43. The van der Waals surface area contributed by atoms with Gasteiger partial charge in [-0.15, -0.1) is 0 Å². The highest BCUT2D eigenvalue weighted by molar-refractivity contribution is 6.01. The van der Waals surface area contributed by atoms with Crippen LogP contribution in [0.15, 0.2) is 11.6 Å². The van der Waals surface area contributed by atoms with Crippen molar-refractivity contribution in [3.8, 4) is 6.07 Å². The average molecular weight is 393 g/mol. The maximum Gasteiger partial charge on any atom is 0.264 e. The molecule has 1 aliphatic carbocycles. The molecule has 0 radical (unpaired) electrons. The third-order valence-electron chi connectivity index (χ3n) is 5.32. The van der Waals surface area contributed by atoms with Gasteiger partial charge in [-0.1, -0.05) is 19.3 Å². The lowest BCUT2D eigenvalue weighted by Crippen LogP contribution is -2.38. The Morgan fingerprint density at radius 1 is 1.39 bits per heavy atom. The molecule has 1 amide bonds. The Bertz CT molecular complexity index is 744. The highest BCUT2D eigenvalue weighted by atomic mass is 19.3. The molecular formula is C21H29F2N3O2. The predicted molar refractivity (Wildman–Crippen MR) is 104 cm³/mol. The Kier molecular flexibility index (Phi) is 8.18. The van der Waals surface area contributed by atoms with Crippen molar-refractivity contribution in [2.75, 3.05) is 26.8 Å². The minimum atomic E-state index is -2.67. The smallest absolute Gasteiger partial charge is 0.264 e. The minimum absolute atomic E-state index is 0.0137. The van der Waals surface area contributed by atoms with Gasteiger partial charge in [-0.2, -0.15) is 5.26 Å². The summed E-state index contributed by atoms with van der Waals surface area (Å²) >= 11 is 0. The van der Waals surface area contributed by atoms with Crippen molar-refractivity contribution >= 4 is 12.0 Å². The topological polar surface area (TPSA) is 58.3 Å². The molecule has 154 valence electrons. The lowest BCUT2D eigenvalue weighted by Gasteiger charge is -2.26. The van der Waals surface area contributed by atoms with Crippen LogP contribution in [-0.4, -0.2) is 48.6 Å². The molecule has 1 aromatic heterocycles. The summed E-state index contributed by atoms with van der Waals surface area (Å²) in [5.41, 5.74) is 2.74. The second-order valence-corrected chi connectivity index (χ2v) is 7.29. The number of amides is 1. The zero-order valence-electron chi connectivity index (χ0n) is 16.9. The largest absolute Gasteiger partial charge is 0.383 e. The maximum absolute atomic E-state index is 12.9. The molecule has 1 aromatic rings. The second kappa shape index (κ2) is 10.4. The van der Waals surface area contributed by atoms with Crippen LogP contribution in [-0.2, 0) is 9.53 Å². The molecule has 1 aliphatic rings. The van der Waals surface area contributed by atoms with E-state index in [1.807, 2.05) is 26.0 Å². The van der Waals surface area contributed by atoms with Gasteiger partial charge < -0.3 is 14.2 Å². The number of hydrogen-bond acceptors (Lipinski definition) is 3. The van der Waals surface area contributed by atoms with Crippen molar-refractivity contribution in [3.63, 3.8) is 0 Å². The maximum atomic E-state index is 12.9. The number of nitrogens with zero attached hydrogens (tertiary/aromatic N) is 3. The number of alkyl halides is 2. The van der Waals surface area contributed by atoms with Crippen LogP contribution in [0, 0.1) is 25.2 Å². The predicted octanol–water partition coefficient (Wildman–Crippen LogP) is 4.26. The van der Waals surface area contributed by atoms with Gasteiger partial charge in [0.1, 0.15) is 11.6 Å². The monoisotopic (exact) mass is 393 g/mol. The summed E-state index contributed by atoms with van der Waals surface area (Å²) in [6, 6.07) is 4.29. The number of rotatable bonds is 8. The highest BCUT2D eigenvalue weighted by Gasteiger charge is 2.23. The number of hydrogen-bond donors (Lipinski definition) is 0. The van der Waals surface area contributed by atoms with Crippen LogP contribution in [0.25, 0.3) is 6.08 Å². The number of ether oxygens (including phenoxy) is 1. The fraction of sp³-hybridized carbons (Fsp3) is 0.619. The van der Waals surface area contributed by atoms with Gasteiger partial charge in [0.05, 0.1) is 13.2 Å². The van der Waals surface area contributed by atoms with Gasteiger partial charge in [0.25, 0.3) is 12.3 Å². The first-order chi connectivity index (χ1) is 13.4. The Balaban J connectivity index is 2.30. The molecule has 0 aliphatic heterocycles. The third kappa shape index (κ3) is 5.41. The van der Waals surface area contributed by atoms with E-state index in [1.165, 1.54) is 32.4 Å². The first-order valence-corrected chi connectivity index (χ1v) is 9.75. The van der Waals surface area contributed by atoms with Crippen LogP contribution >= 0.6 is 0 Å². The van der Waals surface area contributed by atoms with Gasteiger partial charge in [-0.05, 0) is 44.4 Å².